The summed E-state index contributed by atoms with van der Waals surface area (Å²) in [5.41, 5.74) is 0.948. The van der Waals surface area contributed by atoms with Gasteiger partial charge >= 0.3 is 0 Å². The molecule has 1 amide bonds. The minimum Gasteiger partial charge on any atom is -0.396 e. The summed E-state index contributed by atoms with van der Waals surface area (Å²) < 4.78 is 0. The molecule has 1 aromatic heterocycles. The molecule has 0 spiro atoms. The molecule has 1 N–H and O–H groups in total. The zero-order chi connectivity index (χ0) is 12.1. The number of amides is 1. The fourth-order valence-electron chi connectivity index (χ4n) is 2.23. The fraction of sp³-hybridized carbons (Fsp3) is 0.538. The maximum Gasteiger partial charge on any atom is 0.227 e. The van der Waals surface area contributed by atoms with Gasteiger partial charge in [0.1, 0.15) is 0 Å². The van der Waals surface area contributed by atoms with Gasteiger partial charge in [-0.2, -0.15) is 0 Å². The van der Waals surface area contributed by atoms with Crippen molar-refractivity contribution in [2.45, 2.75) is 19.3 Å². The Morgan fingerprint density at radius 1 is 1.59 bits per heavy atom. The number of carbonyl (C=O) groups excluding carboxylic acids is 1. The molecular weight excluding hydrogens is 216 g/mol. The molecule has 1 aliphatic rings. The molecule has 0 unspecified atom stereocenters. The van der Waals surface area contributed by atoms with Gasteiger partial charge < -0.3 is 10.0 Å². The summed E-state index contributed by atoms with van der Waals surface area (Å²) in [4.78, 5) is 17.9. The third kappa shape index (κ3) is 3.27. The second-order valence-corrected chi connectivity index (χ2v) is 4.57. The van der Waals surface area contributed by atoms with E-state index < -0.39 is 0 Å². The summed E-state index contributed by atoms with van der Waals surface area (Å²) >= 11 is 0. The van der Waals surface area contributed by atoms with Gasteiger partial charge in [0.2, 0.25) is 5.91 Å². The van der Waals surface area contributed by atoms with E-state index in [9.17, 15) is 4.79 Å². The highest BCUT2D eigenvalue weighted by Crippen LogP contribution is 2.16. The molecule has 1 fully saturated rings. The van der Waals surface area contributed by atoms with Crippen molar-refractivity contribution in [3.63, 3.8) is 0 Å². The molecule has 4 heteroatoms. The number of rotatable bonds is 3. The first-order chi connectivity index (χ1) is 8.29. The van der Waals surface area contributed by atoms with Gasteiger partial charge in [0.25, 0.3) is 0 Å². The lowest BCUT2D eigenvalue weighted by atomic mass is 9.98. The van der Waals surface area contributed by atoms with Crippen molar-refractivity contribution in [3.05, 3.63) is 30.1 Å². The van der Waals surface area contributed by atoms with E-state index in [0.29, 0.717) is 13.0 Å². The van der Waals surface area contributed by atoms with E-state index in [-0.39, 0.29) is 18.4 Å². The van der Waals surface area contributed by atoms with Gasteiger partial charge in [0.15, 0.2) is 0 Å². The number of nitrogens with zero attached hydrogens (tertiary/aromatic N) is 2. The van der Waals surface area contributed by atoms with Gasteiger partial charge in [-0.1, -0.05) is 6.07 Å². The van der Waals surface area contributed by atoms with E-state index in [1.807, 2.05) is 17.0 Å². The Kier molecular flexibility index (Phi) is 4.09. The lowest BCUT2D eigenvalue weighted by Crippen LogP contribution is -2.41. The van der Waals surface area contributed by atoms with E-state index >= 15 is 0 Å². The zero-order valence-electron chi connectivity index (χ0n) is 9.88. The van der Waals surface area contributed by atoms with Gasteiger partial charge in [-0.3, -0.25) is 9.78 Å². The van der Waals surface area contributed by atoms with Crippen LogP contribution in [0.1, 0.15) is 18.4 Å². The quantitative estimate of drug-likeness (QED) is 0.843. The molecule has 1 aromatic rings. The van der Waals surface area contributed by atoms with Crippen LogP contribution in [0.3, 0.4) is 0 Å². The third-order valence-electron chi connectivity index (χ3n) is 3.21. The third-order valence-corrected chi connectivity index (χ3v) is 3.21. The molecule has 17 heavy (non-hydrogen) atoms. The van der Waals surface area contributed by atoms with E-state index in [1.54, 1.807) is 12.4 Å². The van der Waals surface area contributed by atoms with Gasteiger partial charge in [0.05, 0.1) is 6.42 Å². The zero-order valence-corrected chi connectivity index (χ0v) is 9.88. The number of aliphatic hydroxyl groups excluding tert-OH is 1. The van der Waals surface area contributed by atoms with Crippen LogP contribution in [0.25, 0.3) is 0 Å². The van der Waals surface area contributed by atoms with Crippen LogP contribution in [0, 0.1) is 5.92 Å². The van der Waals surface area contributed by atoms with Crippen LogP contribution in [0.4, 0.5) is 0 Å². The molecule has 1 atom stereocenters. The number of hydrogen-bond acceptors (Lipinski definition) is 3. The van der Waals surface area contributed by atoms with E-state index in [1.165, 1.54) is 0 Å². The second kappa shape index (κ2) is 5.77. The summed E-state index contributed by atoms with van der Waals surface area (Å²) in [7, 11) is 0. The Bertz CT molecular complexity index is 367. The van der Waals surface area contributed by atoms with Gasteiger partial charge in [-0.15, -0.1) is 0 Å². The maximum absolute atomic E-state index is 12.0. The lowest BCUT2D eigenvalue weighted by molar-refractivity contribution is -0.132. The summed E-state index contributed by atoms with van der Waals surface area (Å²) in [6.45, 7) is 1.68. The second-order valence-electron chi connectivity index (χ2n) is 4.57. The van der Waals surface area contributed by atoms with Crippen LogP contribution in [0.15, 0.2) is 24.5 Å². The van der Waals surface area contributed by atoms with E-state index in [2.05, 4.69) is 4.98 Å². The SMILES string of the molecule is O=C(Cc1cccnc1)N1CCC[C@@H](CO)C1. The van der Waals surface area contributed by atoms with E-state index in [4.69, 9.17) is 5.11 Å². The van der Waals surface area contributed by atoms with Crippen LogP contribution in [0.2, 0.25) is 0 Å². The van der Waals surface area contributed by atoms with Crippen molar-refractivity contribution in [3.8, 4) is 0 Å². The lowest BCUT2D eigenvalue weighted by Gasteiger charge is -2.31. The Morgan fingerprint density at radius 3 is 3.18 bits per heavy atom. The summed E-state index contributed by atoms with van der Waals surface area (Å²) in [5, 5.41) is 9.13. The molecule has 0 saturated carbocycles. The fourth-order valence-corrected chi connectivity index (χ4v) is 2.23. The molecular formula is C13H18N2O2. The predicted octanol–water partition coefficient (Wildman–Crippen LogP) is 0.855. The van der Waals surface area contributed by atoms with Crippen LogP contribution >= 0.6 is 0 Å². The predicted molar refractivity (Wildman–Crippen MR) is 64.3 cm³/mol. The van der Waals surface area contributed by atoms with Crippen molar-refractivity contribution in [1.29, 1.82) is 0 Å². The number of hydrogen-bond donors (Lipinski definition) is 1. The van der Waals surface area contributed by atoms with Gasteiger partial charge in [0, 0.05) is 32.1 Å². The number of pyridine rings is 1. The Hall–Kier alpha value is -1.42. The van der Waals surface area contributed by atoms with Gasteiger partial charge in [-0.05, 0) is 30.4 Å². The van der Waals surface area contributed by atoms with Crippen LogP contribution in [-0.2, 0) is 11.2 Å². The standard InChI is InChI=1S/C13H18N2O2/c16-10-12-4-2-6-15(9-12)13(17)7-11-3-1-5-14-8-11/h1,3,5,8,12,16H,2,4,6-7,9-10H2/t12-/m1/s1. The van der Waals surface area contributed by atoms with Crippen LogP contribution < -0.4 is 0 Å². The summed E-state index contributed by atoms with van der Waals surface area (Å²) in [5.74, 6) is 0.387. The first kappa shape index (κ1) is 12.0. The van der Waals surface area contributed by atoms with E-state index in [0.717, 1.165) is 24.9 Å². The molecule has 0 aromatic carbocycles. The van der Waals surface area contributed by atoms with Crippen LogP contribution in [-0.4, -0.2) is 40.6 Å². The Balaban J connectivity index is 1.91. The molecule has 0 bridgehead atoms. The molecule has 1 aliphatic heterocycles. The minimum atomic E-state index is 0.135. The van der Waals surface area contributed by atoms with Gasteiger partial charge in [-0.25, -0.2) is 0 Å². The van der Waals surface area contributed by atoms with Crippen molar-refractivity contribution < 1.29 is 9.90 Å². The monoisotopic (exact) mass is 234 g/mol. The van der Waals surface area contributed by atoms with Crippen molar-refractivity contribution in [1.82, 2.24) is 9.88 Å². The summed E-state index contributed by atoms with van der Waals surface area (Å²) in [6, 6.07) is 3.76. The normalized spacial score (nSPS) is 20.3. The number of aliphatic hydroxyl groups is 1. The molecule has 2 heterocycles. The largest absolute Gasteiger partial charge is 0.396 e. The maximum atomic E-state index is 12.0. The Morgan fingerprint density at radius 2 is 2.47 bits per heavy atom. The number of carbonyl (C=O) groups is 1. The molecule has 0 aliphatic carbocycles. The first-order valence-electron chi connectivity index (χ1n) is 6.07. The van der Waals surface area contributed by atoms with Crippen molar-refractivity contribution in [2.75, 3.05) is 19.7 Å². The first-order valence-corrected chi connectivity index (χ1v) is 6.07. The van der Waals surface area contributed by atoms with Crippen molar-refractivity contribution in [2.24, 2.45) is 5.92 Å². The number of piperidine rings is 1. The highest BCUT2D eigenvalue weighted by molar-refractivity contribution is 5.78. The molecule has 0 radical (unpaired) electrons. The number of aromatic nitrogens is 1. The average molecular weight is 234 g/mol. The molecule has 2 rings (SSSR count). The summed E-state index contributed by atoms with van der Waals surface area (Å²) in [6.07, 6.45) is 5.85. The smallest absolute Gasteiger partial charge is 0.227 e. The molecule has 1 saturated heterocycles. The van der Waals surface area contributed by atoms with Crippen molar-refractivity contribution >= 4 is 5.91 Å². The number of likely N-dealkylation sites (tertiary alicyclic amines) is 1. The molecule has 92 valence electrons. The highest BCUT2D eigenvalue weighted by Gasteiger charge is 2.22. The van der Waals surface area contributed by atoms with Crippen LogP contribution in [0.5, 0.6) is 0 Å². The Labute approximate surface area is 101 Å². The minimum absolute atomic E-state index is 0.135. The topological polar surface area (TPSA) is 53.4 Å². The average Bonchev–Trinajstić information content (AvgIpc) is 2.40. The molecule has 4 nitrogen and oxygen atoms in total. The highest BCUT2D eigenvalue weighted by atomic mass is 16.3.